The number of nitrogens with one attached hydrogen (secondary N) is 1. The molecular formula is C17H23N3O2S. The molecule has 0 saturated heterocycles. The fourth-order valence-corrected chi connectivity index (χ4v) is 4.16. The SMILES string of the molecule is CCc1cc2c(=O)n(CC(=O)N[C@H]3CCCC[C@@H]3C)cnc2s1. The third-order valence-corrected chi connectivity index (χ3v) is 5.88. The van der Waals surface area contributed by atoms with Crippen LogP contribution in [0.15, 0.2) is 17.2 Å². The lowest BCUT2D eigenvalue weighted by molar-refractivity contribution is -0.123. The van der Waals surface area contributed by atoms with Crippen molar-refractivity contribution in [2.24, 2.45) is 5.92 Å². The van der Waals surface area contributed by atoms with Gasteiger partial charge in [0.05, 0.1) is 11.7 Å². The number of hydrogen-bond donors (Lipinski definition) is 1. The molecule has 2 atom stereocenters. The van der Waals surface area contributed by atoms with E-state index in [1.807, 2.05) is 6.07 Å². The molecule has 1 aliphatic carbocycles. The van der Waals surface area contributed by atoms with Gasteiger partial charge in [-0.15, -0.1) is 11.3 Å². The second-order valence-corrected chi connectivity index (χ2v) is 7.51. The molecule has 0 bridgehead atoms. The predicted octanol–water partition coefficient (Wildman–Crippen LogP) is 2.72. The van der Waals surface area contributed by atoms with E-state index in [0.29, 0.717) is 11.3 Å². The number of thiophene rings is 1. The highest BCUT2D eigenvalue weighted by molar-refractivity contribution is 7.18. The first kappa shape index (κ1) is 16.2. The van der Waals surface area contributed by atoms with Crippen molar-refractivity contribution in [1.82, 2.24) is 14.9 Å². The quantitative estimate of drug-likeness (QED) is 0.935. The molecule has 1 saturated carbocycles. The van der Waals surface area contributed by atoms with Gasteiger partial charge in [0.2, 0.25) is 5.91 Å². The van der Waals surface area contributed by atoms with Crippen molar-refractivity contribution in [3.8, 4) is 0 Å². The maximum atomic E-state index is 12.5. The molecule has 0 radical (unpaired) electrons. The zero-order chi connectivity index (χ0) is 16.4. The number of fused-ring (bicyclic) bond motifs is 1. The van der Waals surface area contributed by atoms with E-state index in [4.69, 9.17) is 0 Å². The smallest absolute Gasteiger partial charge is 0.262 e. The van der Waals surface area contributed by atoms with Crippen molar-refractivity contribution >= 4 is 27.5 Å². The average molecular weight is 333 g/mol. The van der Waals surface area contributed by atoms with E-state index in [1.165, 1.54) is 17.3 Å². The Bertz CT molecular complexity index is 765. The van der Waals surface area contributed by atoms with Gasteiger partial charge in [-0.25, -0.2) is 4.98 Å². The van der Waals surface area contributed by atoms with Crippen LogP contribution in [0.5, 0.6) is 0 Å². The molecule has 1 amide bonds. The minimum Gasteiger partial charge on any atom is -0.352 e. The van der Waals surface area contributed by atoms with E-state index in [9.17, 15) is 9.59 Å². The van der Waals surface area contributed by atoms with Crippen molar-refractivity contribution in [2.75, 3.05) is 0 Å². The van der Waals surface area contributed by atoms with Gasteiger partial charge in [-0.3, -0.25) is 14.2 Å². The molecule has 3 rings (SSSR count). The fraction of sp³-hybridized carbons (Fsp3) is 0.588. The molecule has 1 aliphatic rings. The number of nitrogens with zero attached hydrogens (tertiary/aromatic N) is 2. The van der Waals surface area contributed by atoms with Crippen molar-refractivity contribution in [1.29, 1.82) is 0 Å². The van der Waals surface area contributed by atoms with Gasteiger partial charge < -0.3 is 5.32 Å². The minimum absolute atomic E-state index is 0.0439. The summed E-state index contributed by atoms with van der Waals surface area (Å²) < 4.78 is 1.41. The zero-order valence-corrected chi connectivity index (χ0v) is 14.5. The number of carbonyl (C=O) groups is 1. The Morgan fingerprint density at radius 1 is 1.43 bits per heavy atom. The molecular weight excluding hydrogens is 310 g/mol. The van der Waals surface area contributed by atoms with Gasteiger partial charge in [0.1, 0.15) is 11.4 Å². The Kier molecular flexibility index (Phi) is 4.80. The van der Waals surface area contributed by atoms with Gasteiger partial charge in [-0.2, -0.15) is 0 Å². The molecule has 2 aromatic rings. The van der Waals surface area contributed by atoms with Gasteiger partial charge >= 0.3 is 0 Å². The average Bonchev–Trinajstić information content (AvgIpc) is 2.96. The highest BCUT2D eigenvalue weighted by Gasteiger charge is 2.23. The van der Waals surface area contributed by atoms with Crippen molar-refractivity contribution < 1.29 is 4.79 Å². The summed E-state index contributed by atoms with van der Waals surface area (Å²) in [5, 5.41) is 3.70. The third kappa shape index (κ3) is 3.47. The first-order valence-electron chi connectivity index (χ1n) is 8.35. The molecule has 0 spiro atoms. The van der Waals surface area contributed by atoms with Gasteiger partial charge in [0.25, 0.3) is 5.56 Å². The molecule has 23 heavy (non-hydrogen) atoms. The topological polar surface area (TPSA) is 64.0 Å². The van der Waals surface area contributed by atoms with Crippen LogP contribution in [0.2, 0.25) is 0 Å². The first-order chi connectivity index (χ1) is 11.1. The van der Waals surface area contributed by atoms with Crippen LogP contribution in [-0.4, -0.2) is 21.5 Å². The predicted molar refractivity (Wildman–Crippen MR) is 92.8 cm³/mol. The molecule has 124 valence electrons. The van der Waals surface area contributed by atoms with E-state index < -0.39 is 0 Å². The monoisotopic (exact) mass is 333 g/mol. The molecule has 1 N–H and O–H groups in total. The summed E-state index contributed by atoms with van der Waals surface area (Å²) in [6, 6.07) is 2.13. The van der Waals surface area contributed by atoms with Crippen LogP contribution in [0.1, 0.15) is 44.4 Å². The molecule has 0 aromatic carbocycles. The first-order valence-corrected chi connectivity index (χ1v) is 9.17. The fourth-order valence-electron chi connectivity index (χ4n) is 3.23. The van der Waals surface area contributed by atoms with Gasteiger partial charge in [-0.1, -0.05) is 26.7 Å². The largest absolute Gasteiger partial charge is 0.352 e. The summed E-state index contributed by atoms with van der Waals surface area (Å²) in [6.45, 7) is 4.28. The summed E-state index contributed by atoms with van der Waals surface area (Å²) in [5.74, 6) is 0.409. The van der Waals surface area contributed by atoms with Crippen LogP contribution in [-0.2, 0) is 17.8 Å². The lowest BCUT2D eigenvalue weighted by atomic mass is 9.86. The van der Waals surface area contributed by atoms with Crippen LogP contribution >= 0.6 is 11.3 Å². The Balaban J connectivity index is 1.74. The number of rotatable bonds is 4. The zero-order valence-electron chi connectivity index (χ0n) is 13.7. The van der Waals surface area contributed by atoms with Crippen molar-refractivity contribution in [3.63, 3.8) is 0 Å². The standard InChI is InChI=1S/C17H23N3O2S/c1-3-12-8-13-16(23-12)18-10-20(17(13)22)9-15(21)19-14-7-5-4-6-11(14)2/h8,10-11,14H,3-7,9H2,1-2H3,(H,19,21)/t11-,14-/m0/s1. The highest BCUT2D eigenvalue weighted by atomic mass is 32.1. The van der Waals surface area contributed by atoms with E-state index in [-0.39, 0.29) is 24.1 Å². The van der Waals surface area contributed by atoms with Crippen molar-refractivity contribution in [3.05, 3.63) is 27.6 Å². The van der Waals surface area contributed by atoms with E-state index in [1.54, 1.807) is 11.3 Å². The number of aromatic nitrogens is 2. The number of hydrogen-bond acceptors (Lipinski definition) is 4. The highest BCUT2D eigenvalue weighted by Crippen LogP contribution is 2.24. The molecule has 0 unspecified atom stereocenters. The number of aryl methyl sites for hydroxylation is 1. The maximum absolute atomic E-state index is 12.5. The Labute approximate surface area is 139 Å². The molecule has 1 fully saturated rings. The van der Waals surface area contributed by atoms with Crippen LogP contribution in [0, 0.1) is 5.92 Å². The van der Waals surface area contributed by atoms with Crippen LogP contribution in [0.3, 0.4) is 0 Å². The van der Waals surface area contributed by atoms with Crippen LogP contribution in [0.4, 0.5) is 0 Å². The second-order valence-electron chi connectivity index (χ2n) is 6.40. The molecule has 2 aromatic heterocycles. The number of amides is 1. The molecule has 5 nitrogen and oxygen atoms in total. The third-order valence-electron chi connectivity index (χ3n) is 4.69. The number of carbonyl (C=O) groups excluding carboxylic acids is 1. The summed E-state index contributed by atoms with van der Waals surface area (Å²) >= 11 is 1.54. The summed E-state index contributed by atoms with van der Waals surface area (Å²) in [5.41, 5.74) is -0.127. The van der Waals surface area contributed by atoms with Gasteiger partial charge in [0.15, 0.2) is 0 Å². The normalized spacial score (nSPS) is 21.5. The van der Waals surface area contributed by atoms with Crippen LogP contribution in [0.25, 0.3) is 10.2 Å². The Hall–Kier alpha value is -1.69. The molecule has 2 heterocycles. The summed E-state index contributed by atoms with van der Waals surface area (Å²) in [6.07, 6.45) is 6.98. The minimum atomic E-state index is -0.127. The molecule has 0 aliphatic heterocycles. The van der Waals surface area contributed by atoms with E-state index in [2.05, 4.69) is 24.1 Å². The van der Waals surface area contributed by atoms with Gasteiger partial charge in [-0.05, 0) is 31.2 Å². The van der Waals surface area contributed by atoms with Gasteiger partial charge in [0, 0.05) is 10.9 Å². The van der Waals surface area contributed by atoms with Crippen LogP contribution < -0.4 is 10.9 Å². The lowest BCUT2D eigenvalue weighted by Crippen LogP contribution is -2.43. The van der Waals surface area contributed by atoms with Crippen molar-refractivity contribution in [2.45, 2.75) is 58.5 Å². The summed E-state index contributed by atoms with van der Waals surface area (Å²) in [4.78, 5) is 31.0. The second kappa shape index (κ2) is 6.83. The summed E-state index contributed by atoms with van der Waals surface area (Å²) in [7, 11) is 0. The lowest BCUT2D eigenvalue weighted by Gasteiger charge is -2.29. The molecule has 6 heteroatoms. The van der Waals surface area contributed by atoms with E-state index in [0.717, 1.165) is 35.4 Å². The Morgan fingerprint density at radius 3 is 2.96 bits per heavy atom. The Morgan fingerprint density at radius 2 is 2.22 bits per heavy atom. The van der Waals surface area contributed by atoms with E-state index >= 15 is 0 Å². The maximum Gasteiger partial charge on any atom is 0.262 e.